The van der Waals surface area contributed by atoms with Crippen molar-refractivity contribution in [3.05, 3.63) is 33.4 Å². The molecule has 1 rings (SSSR count). The molecular weight excluding hydrogens is 279 g/mol. The van der Waals surface area contributed by atoms with Gasteiger partial charge in [0.15, 0.2) is 0 Å². The van der Waals surface area contributed by atoms with Gasteiger partial charge >= 0.3 is 0 Å². The predicted octanol–water partition coefficient (Wildman–Crippen LogP) is 1.53. The molecule has 0 unspecified atom stereocenters. The largest absolute Gasteiger partial charge is 0.395 e. The highest BCUT2D eigenvalue weighted by Gasteiger charge is 2.24. The minimum Gasteiger partial charge on any atom is -0.395 e. The van der Waals surface area contributed by atoms with Gasteiger partial charge < -0.3 is 10.2 Å². The van der Waals surface area contributed by atoms with E-state index in [-0.39, 0.29) is 13.2 Å². The second-order valence-corrected chi connectivity index (χ2v) is 4.63. The maximum absolute atomic E-state index is 9.15. The summed E-state index contributed by atoms with van der Waals surface area (Å²) < 4.78 is 1.15. The molecule has 0 heterocycles. The summed E-state index contributed by atoms with van der Waals surface area (Å²) in [6, 6.07) is 7.82. The van der Waals surface area contributed by atoms with Crippen LogP contribution in [0, 0.1) is 3.57 Å². The number of hydrogen-bond acceptors (Lipinski definition) is 2. The zero-order chi connectivity index (χ0) is 9.90. The Bertz CT molecular complexity index is 265. The van der Waals surface area contributed by atoms with Crippen LogP contribution in [0.5, 0.6) is 0 Å². The molecule has 0 fully saturated rings. The minimum atomic E-state index is -0.523. The highest BCUT2D eigenvalue weighted by molar-refractivity contribution is 14.1. The molecule has 1 aromatic carbocycles. The summed E-state index contributed by atoms with van der Waals surface area (Å²) in [4.78, 5) is 0. The number of aliphatic hydroxyl groups excluding tert-OH is 2. The molecule has 0 spiro atoms. The van der Waals surface area contributed by atoms with Crippen molar-refractivity contribution in [3.8, 4) is 0 Å². The van der Waals surface area contributed by atoms with Gasteiger partial charge in [0.25, 0.3) is 0 Å². The van der Waals surface area contributed by atoms with Crippen LogP contribution in [0.25, 0.3) is 0 Å². The van der Waals surface area contributed by atoms with Gasteiger partial charge in [0.05, 0.1) is 13.2 Å². The van der Waals surface area contributed by atoms with Gasteiger partial charge in [0, 0.05) is 8.99 Å². The number of benzene rings is 1. The summed E-state index contributed by atoms with van der Waals surface area (Å²) in [7, 11) is 0. The molecule has 13 heavy (non-hydrogen) atoms. The quantitative estimate of drug-likeness (QED) is 0.830. The van der Waals surface area contributed by atoms with Crippen LogP contribution in [0.15, 0.2) is 24.3 Å². The third kappa shape index (κ3) is 2.42. The summed E-state index contributed by atoms with van der Waals surface area (Å²) in [6.07, 6.45) is 0. The fraction of sp³-hybridized carbons (Fsp3) is 0.400. The monoisotopic (exact) mass is 292 g/mol. The van der Waals surface area contributed by atoms with Gasteiger partial charge in [0.1, 0.15) is 0 Å². The summed E-state index contributed by atoms with van der Waals surface area (Å²) in [6.45, 7) is 1.77. The molecule has 0 aromatic heterocycles. The maximum atomic E-state index is 9.15. The number of rotatable bonds is 3. The number of hydrogen-bond donors (Lipinski definition) is 2. The number of halogens is 1. The van der Waals surface area contributed by atoms with E-state index in [2.05, 4.69) is 22.6 Å². The molecular formula is C10H13IO2. The van der Waals surface area contributed by atoms with Gasteiger partial charge in [-0.25, -0.2) is 0 Å². The molecule has 0 atom stereocenters. The lowest BCUT2D eigenvalue weighted by Crippen LogP contribution is -2.30. The highest BCUT2D eigenvalue weighted by Crippen LogP contribution is 2.23. The van der Waals surface area contributed by atoms with Crippen molar-refractivity contribution in [2.75, 3.05) is 13.2 Å². The van der Waals surface area contributed by atoms with Gasteiger partial charge in [-0.3, -0.25) is 0 Å². The average Bonchev–Trinajstić information content (AvgIpc) is 2.18. The van der Waals surface area contributed by atoms with Crippen LogP contribution in [0.1, 0.15) is 12.5 Å². The Balaban J connectivity index is 2.99. The molecule has 1 aromatic rings. The Morgan fingerprint density at radius 3 is 2.00 bits per heavy atom. The first-order valence-electron chi connectivity index (χ1n) is 4.10. The lowest BCUT2D eigenvalue weighted by Gasteiger charge is -2.25. The highest BCUT2D eigenvalue weighted by atomic mass is 127. The molecule has 3 heteroatoms. The van der Waals surface area contributed by atoms with Crippen LogP contribution in [-0.4, -0.2) is 23.4 Å². The summed E-state index contributed by atoms with van der Waals surface area (Å²) >= 11 is 2.22. The van der Waals surface area contributed by atoms with Crippen LogP contribution in [0.3, 0.4) is 0 Å². The van der Waals surface area contributed by atoms with Gasteiger partial charge in [-0.2, -0.15) is 0 Å². The normalized spacial score (nSPS) is 11.7. The molecule has 2 nitrogen and oxygen atoms in total. The first-order valence-corrected chi connectivity index (χ1v) is 5.18. The van der Waals surface area contributed by atoms with Crippen molar-refractivity contribution in [3.63, 3.8) is 0 Å². The zero-order valence-electron chi connectivity index (χ0n) is 7.50. The van der Waals surface area contributed by atoms with Crippen LogP contribution in [-0.2, 0) is 5.41 Å². The molecule has 0 aliphatic rings. The fourth-order valence-corrected chi connectivity index (χ4v) is 1.44. The van der Waals surface area contributed by atoms with E-state index < -0.39 is 5.41 Å². The standard InChI is InChI=1S/C10H13IO2/c1-10(6-12,7-13)8-2-4-9(11)5-3-8/h2-5,12-13H,6-7H2,1H3. The van der Waals surface area contributed by atoms with Gasteiger partial charge in [-0.15, -0.1) is 0 Å². The lowest BCUT2D eigenvalue weighted by atomic mass is 9.84. The Morgan fingerprint density at radius 2 is 1.62 bits per heavy atom. The molecule has 0 aliphatic heterocycles. The summed E-state index contributed by atoms with van der Waals surface area (Å²) in [5, 5.41) is 18.3. The first-order chi connectivity index (χ1) is 6.12. The van der Waals surface area contributed by atoms with E-state index in [9.17, 15) is 0 Å². The Hall–Kier alpha value is -0.130. The van der Waals surface area contributed by atoms with E-state index in [0.717, 1.165) is 9.13 Å². The topological polar surface area (TPSA) is 40.5 Å². The van der Waals surface area contributed by atoms with Gasteiger partial charge in [0.2, 0.25) is 0 Å². The molecule has 72 valence electrons. The fourth-order valence-electron chi connectivity index (χ4n) is 1.08. The van der Waals surface area contributed by atoms with E-state index in [1.54, 1.807) is 0 Å². The van der Waals surface area contributed by atoms with Crippen LogP contribution < -0.4 is 0 Å². The van der Waals surface area contributed by atoms with E-state index >= 15 is 0 Å². The van der Waals surface area contributed by atoms with Crippen LogP contribution in [0.2, 0.25) is 0 Å². The lowest BCUT2D eigenvalue weighted by molar-refractivity contribution is 0.129. The van der Waals surface area contributed by atoms with Gasteiger partial charge in [-0.1, -0.05) is 19.1 Å². The second-order valence-electron chi connectivity index (χ2n) is 3.38. The Labute approximate surface area is 91.7 Å². The van der Waals surface area contributed by atoms with Crippen LogP contribution >= 0.6 is 22.6 Å². The minimum absolute atomic E-state index is 0.0376. The van der Waals surface area contributed by atoms with Crippen molar-refractivity contribution >= 4 is 22.6 Å². The van der Waals surface area contributed by atoms with Crippen molar-refractivity contribution in [1.29, 1.82) is 0 Å². The SMILES string of the molecule is CC(CO)(CO)c1ccc(I)cc1. The van der Waals surface area contributed by atoms with E-state index in [4.69, 9.17) is 10.2 Å². The van der Waals surface area contributed by atoms with Crippen LogP contribution in [0.4, 0.5) is 0 Å². The van der Waals surface area contributed by atoms with E-state index in [1.165, 1.54) is 0 Å². The zero-order valence-corrected chi connectivity index (χ0v) is 9.65. The third-order valence-corrected chi connectivity index (χ3v) is 2.96. The molecule has 0 radical (unpaired) electrons. The molecule has 0 amide bonds. The number of aliphatic hydroxyl groups is 2. The third-order valence-electron chi connectivity index (χ3n) is 2.24. The van der Waals surface area contributed by atoms with Crippen molar-refractivity contribution in [1.82, 2.24) is 0 Å². The average molecular weight is 292 g/mol. The molecule has 0 saturated heterocycles. The Kier molecular flexibility index (Phi) is 3.70. The molecule has 0 aliphatic carbocycles. The van der Waals surface area contributed by atoms with Crippen molar-refractivity contribution in [2.24, 2.45) is 0 Å². The first kappa shape index (κ1) is 10.9. The summed E-state index contributed by atoms with van der Waals surface area (Å²) in [5.41, 5.74) is 0.447. The smallest absolute Gasteiger partial charge is 0.0547 e. The second kappa shape index (κ2) is 4.39. The van der Waals surface area contributed by atoms with Gasteiger partial charge in [-0.05, 0) is 40.3 Å². The summed E-state index contributed by atoms with van der Waals surface area (Å²) in [5.74, 6) is 0. The van der Waals surface area contributed by atoms with E-state index in [1.807, 2.05) is 31.2 Å². The molecule has 0 bridgehead atoms. The van der Waals surface area contributed by atoms with Crippen molar-refractivity contribution < 1.29 is 10.2 Å². The molecule has 2 N–H and O–H groups in total. The van der Waals surface area contributed by atoms with Crippen molar-refractivity contribution in [2.45, 2.75) is 12.3 Å². The van der Waals surface area contributed by atoms with E-state index in [0.29, 0.717) is 0 Å². The molecule has 0 saturated carbocycles. The predicted molar refractivity (Wildman–Crippen MR) is 60.7 cm³/mol. The Morgan fingerprint density at radius 1 is 1.15 bits per heavy atom. The maximum Gasteiger partial charge on any atom is 0.0547 e.